The van der Waals surface area contributed by atoms with Gasteiger partial charge in [0.1, 0.15) is 0 Å². The van der Waals surface area contributed by atoms with Gasteiger partial charge >= 0.3 is 0 Å². The second kappa shape index (κ2) is 6.31. The normalized spacial score (nSPS) is 27.2. The van der Waals surface area contributed by atoms with Crippen molar-refractivity contribution in [1.82, 2.24) is 0 Å². The molecular weight excluding hydrogens is 267 g/mol. The van der Waals surface area contributed by atoms with Gasteiger partial charge in [-0.2, -0.15) is 0 Å². The summed E-state index contributed by atoms with van der Waals surface area (Å²) in [6, 6.07) is 0. The Bertz CT molecular complexity index is 156. The molecule has 0 saturated carbocycles. The molecule has 2 nitrogen and oxygen atoms in total. The molecule has 14 heavy (non-hydrogen) atoms. The third-order valence-corrected chi connectivity index (χ3v) is 4.21. The SMILES string of the molecule is CC(CCl)(CBr)OCC1CCCCO1. The fraction of sp³-hybridized carbons (Fsp3) is 1.00. The van der Waals surface area contributed by atoms with Crippen molar-refractivity contribution < 1.29 is 9.47 Å². The maximum absolute atomic E-state index is 5.83. The number of hydrogen-bond acceptors (Lipinski definition) is 2. The second-order valence-electron chi connectivity index (χ2n) is 4.02. The van der Waals surface area contributed by atoms with Crippen molar-refractivity contribution in [3.63, 3.8) is 0 Å². The van der Waals surface area contributed by atoms with Gasteiger partial charge in [0.25, 0.3) is 0 Å². The van der Waals surface area contributed by atoms with E-state index in [0.29, 0.717) is 12.5 Å². The quantitative estimate of drug-likeness (QED) is 0.723. The van der Waals surface area contributed by atoms with E-state index in [0.717, 1.165) is 18.4 Å². The molecule has 0 bridgehead atoms. The van der Waals surface area contributed by atoms with Crippen LogP contribution in [0.25, 0.3) is 0 Å². The Morgan fingerprint density at radius 1 is 1.57 bits per heavy atom. The number of ether oxygens (including phenoxy) is 2. The van der Waals surface area contributed by atoms with Gasteiger partial charge in [-0.15, -0.1) is 11.6 Å². The van der Waals surface area contributed by atoms with Crippen molar-refractivity contribution in [1.29, 1.82) is 0 Å². The van der Waals surface area contributed by atoms with Gasteiger partial charge in [0, 0.05) is 11.9 Å². The van der Waals surface area contributed by atoms with Crippen LogP contribution < -0.4 is 0 Å². The lowest BCUT2D eigenvalue weighted by molar-refractivity contribution is -0.0829. The van der Waals surface area contributed by atoms with Crippen LogP contribution in [0.15, 0.2) is 0 Å². The van der Waals surface area contributed by atoms with Crippen LogP contribution in [0.5, 0.6) is 0 Å². The first kappa shape index (κ1) is 12.8. The van der Waals surface area contributed by atoms with Crippen molar-refractivity contribution in [2.24, 2.45) is 0 Å². The average Bonchev–Trinajstić information content (AvgIpc) is 2.27. The molecule has 0 aliphatic carbocycles. The van der Waals surface area contributed by atoms with E-state index in [-0.39, 0.29) is 11.7 Å². The predicted molar refractivity (Wildman–Crippen MR) is 62.5 cm³/mol. The molecule has 0 amide bonds. The maximum atomic E-state index is 5.83. The second-order valence-corrected chi connectivity index (χ2v) is 4.84. The molecule has 0 aromatic carbocycles. The fourth-order valence-corrected chi connectivity index (χ4v) is 2.11. The number of halogens is 2. The minimum absolute atomic E-state index is 0.262. The molecule has 1 heterocycles. The van der Waals surface area contributed by atoms with Crippen LogP contribution in [0.1, 0.15) is 26.2 Å². The van der Waals surface area contributed by atoms with E-state index in [1.165, 1.54) is 12.8 Å². The molecule has 1 aliphatic rings. The summed E-state index contributed by atoms with van der Waals surface area (Å²) in [5.74, 6) is 0.505. The van der Waals surface area contributed by atoms with Crippen molar-refractivity contribution in [3.8, 4) is 0 Å². The van der Waals surface area contributed by atoms with Crippen molar-refractivity contribution in [2.75, 3.05) is 24.4 Å². The van der Waals surface area contributed by atoms with Crippen LogP contribution in [-0.2, 0) is 9.47 Å². The number of hydrogen-bond donors (Lipinski definition) is 0. The summed E-state index contributed by atoms with van der Waals surface area (Å²) in [4.78, 5) is 0. The Kier molecular flexibility index (Phi) is 5.75. The lowest BCUT2D eigenvalue weighted by atomic mass is 10.1. The first-order chi connectivity index (χ1) is 6.70. The van der Waals surface area contributed by atoms with Gasteiger partial charge in [0.2, 0.25) is 0 Å². The van der Waals surface area contributed by atoms with Crippen LogP contribution in [0.2, 0.25) is 0 Å². The van der Waals surface area contributed by atoms with Crippen molar-refractivity contribution in [2.45, 2.75) is 37.9 Å². The molecule has 1 aliphatic heterocycles. The summed E-state index contributed by atoms with van der Waals surface area (Å²) in [6.45, 7) is 3.55. The molecule has 0 aromatic rings. The summed E-state index contributed by atoms with van der Waals surface area (Å²) in [5, 5.41) is 0.760. The molecule has 2 atom stereocenters. The molecule has 0 radical (unpaired) electrons. The standard InChI is InChI=1S/C10H18BrClO2/c1-10(7-11,8-12)14-6-9-4-2-3-5-13-9/h9H,2-8H2,1H3. The summed E-state index contributed by atoms with van der Waals surface area (Å²) < 4.78 is 11.3. The van der Waals surface area contributed by atoms with Gasteiger partial charge in [-0.1, -0.05) is 15.9 Å². The van der Waals surface area contributed by atoms with E-state index in [4.69, 9.17) is 21.1 Å². The molecule has 2 unspecified atom stereocenters. The zero-order valence-corrected chi connectivity index (χ0v) is 10.9. The third kappa shape index (κ3) is 4.05. The van der Waals surface area contributed by atoms with Crippen LogP contribution in [-0.4, -0.2) is 36.1 Å². The van der Waals surface area contributed by atoms with E-state index in [1.807, 2.05) is 6.92 Å². The van der Waals surface area contributed by atoms with E-state index < -0.39 is 0 Å². The van der Waals surface area contributed by atoms with Crippen LogP contribution in [0.3, 0.4) is 0 Å². The minimum atomic E-state index is -0.262. The zero-order chi connectivity index (χ0) is 10.4. The molecule has 84 valence electrons. The minimum Gasteiger partial charge on any atom is -0.376 e. The Hall–Kier alpha value is 0.690. The van der Waals surface area contributed by atoms with E-state index in [9.17, 15) is 0 Å². The molecule has 0 N–H and O–H groups in total. The number of rotatable bonds is 5. The third-order valence-electron chi connectivity index (χ3n) is 2.46. The molecule has 1 fully saturated rings. The summed E-state index contributed by atoms with van der Waals surface area (Å²) in [6.07, 6.45) is 3.81. The maximum Gasteiger partial charge on any atom is 0.0886 e. The molecule has 1 rings (SSSR count). The van der Waals surface area contributed by atoms with Crippen LogP contribution in [0, 0.1) is 0 Å². The molecular formula is C10H18BrClO2. The monoisotopic (exact) mass is 284 g/mol. The smallest absolute Gasteiger partial charge is 0.0886 e. The topological polar surface area (TPSA) is 18.5 Å². The fourth-order valence-electron chi connectivity index (χ4n) is 1.35. The Morgan fingerprint density at radius 3 is 2.86 bits per heavy atom. The van der Waals surface area contributed by atoms with Crippen molar-refractivity contribution >= 4 is 27.5 Å². The molecule has 0 spiro atoms. The van der Waals surface area contributed by atoms with Gasteiger partial charge in [-0.3, -0.25) is 0 Å². The summed E-state index contributed by atoms with van der Waals surface area (Å²) >= 11 is 9.24. The van der Waals surface area contributed by atoms with Crippen LogP contribution >= 0.6 is 27.5 Å². The van der Waals surface area contributed by atoms with Gasteiger partial charge in [-0.05, 0) is 26.2 Å². The van der Waals surface area contributed by atoms with E-state index in [1.54, 1.807) is 0 Å². The first-order valence-electron chi connectivity index (χ1n) is 5.08. The highest BCUT2D eigenvalue weighted by Gasteiger charge is 2.25. The van der Waals surface area contributed by atoms with E-state index >= 15 is 0 Å². The van der Waals surface area contributed by atoms with Gasteiger partial charge < -0.3 is 9.47 Å². The Morgan fingerprint density at radius 2 is 2.36 bits per heavy atom. The lowest BCUT2D eigenvalue weighted by Gasteiger charge is -2.29. The first-order valence-corrected chi connectivity index (χ1v) is 6.73. The lowest BCUT2D eigenvalue weighted by Crippen LogP contribution is -2.37. The van der Waals surface area contributed by atoms with Crippen molar-refractivity contribution in [3.05, 3.63) is 0 Å². The highest BCUT2D eigenvalue weighted by Crippen LogP contribution is 2.19. The largest absolute Gasteiger partial charge is 0.376 e. The Labute approximate surface area is 99.4 Å². The highest BCUT2D eigenvalue weighted by atomic mass is 79.9. The molecule has 1 saturated heterocycles. The zero-order valence-electron chi connectivity index (χ0n) is 8.60. The molecule has 4 heteroatoms. The molecule has 0 aromatic heterocycles. The highest BCUT2D eigenvalue weighted by molar-refractivity contribution is 9.09. The Balaban J connectivity index is 2.23. The average molecular weight is 286 g/mol. The number of alkyl halides is 2. The van der Waals surface area contributed by atoms with E-state index in [2.05, 4.69) is 15.9 Å². The van der Waals surface area contributed by atoms with Gasteiger partial charge in [0.15, 0.2) is 0 Å². The predicted octanol–water partition coefficient (Wildman–Crippen LogP) is 2.96. The van der Waals surface area contributed by atoms with Crippen LogP contribution in [0.4, 0.5) is 0 Å². The van der Waals surface area contributed by atoms with Gasteiger partial charge in [0.05, 0.1) is 24.2 Å². The summed E-state index contributed by atoms with van der Waals surface area (Å²) in [7, 11) is 0. The summed E-state index contributed by atoms with van der Waals surface area (Å²) in [5.41, 5.74) is -0.262. The van der Waals surface area contributed by atoms with Gasteiger partial charge in [-0.25, -0.2) is 0 Å².